The quantitative estimate of drug-likeness (QED) is 0.872. The SMILES string of the molecule is COC(=O)c1cccc(Cn2ccc(C(=O)OC(C)(C)C)c2O)c1. The van der Waals surface area contributed by atoms with Crippen molar-refractivity contribution in [1.29, 1.82) is 0 Å². The Balaban J connectivity index is 2.20. The van der Waals surface area contributed by atoms with Crippen LogP contribution in [0.4, 0.5) is 0 Å². The van der Waals surface area contributed by atoms with Crippen molar-refractivity contribution in [3.8, 4) is 5.88 Å². The van der Waals surface area contributed by atoms with Gasteiger partial charge in [-0.05, 0) is 44.5 Å². The van der Waals surface area contributed by atoms with E-state index in [0.29, 0.717) is 12.1 Å². The van der Waals surface area contributed by atoms with Crippen LogP contribution in [0, 0.1) is 0 Å². The first-order valence-corrected chi connectivity index (χ1v) is 7.50. The molecule has 0 saturated carbocycles. The van der Waals surface area contributed by atoms with Gasteiger partial charge >= 0.3 is 11.9 Å². The van der Waals surface area contributed by atoms with Crippen LogP contribution in [0.1, 0.15) is 47.1 Å². The predicted molar refractivity (Wildman–Crippen MR) is 88.1 cm³/mol. The molecule has 0 radical (unpaired) electrons. The fourth-order valence-electron chi connectivity index (χ4n) is 2.20. The summed E-state index contributed by atoms with van der Waals surface area (Å²) in [6, 6.07) is 8.39. The van der Waals surface area contributed by atoms with Crippen molar-refractivity contribution >= 4 is 11.9 Å². The van der Waals surface area contributed by atoms with Crippen LogP contribution in [0.3, 0.4) is 0 Å². The molecular weight excluding hydrogens is 310 g/mol. The van der Waals surface area contributed by atoms with E-state index in [9.17, 15) is 14.7 Å². The molecule has 2 aromatic rings. The number of carbonyl (C=O) groups is 2. The molecule has 0 spiro atoms. The molecule has 0 fully saturated rings. The maximum absolute atomic E-state index is 12.1. The first-order valence-electron chi connectivity index (χ1n) is 7.50. The van der Waals surface area contributed by atoms with E-state index in [-0.39, 0.29) is 11.4 Å². The van der Waals surface area contributed by atoms with Crippen molar-refractivity contribution in [2.75, 3.05) is 7.11 Å². The second kappa shape index (κ2) is 6.78. The second-order valence-corrected chi connectivity index (χ2v) is 6.37. The summed E-state index contributed by atoms with van der Waals surface area (Å²) in [6.07, 6.45) is 1.60. The molecule has 1 heterocycles. The largest absolute Gasteiger partial charge is 0.494 e. The van der Waals surface area contributed by atoms with Crippen molar-refractivity contribution in [1.82, 2.24) is 4.57 Å². The number of nitrogens with zero attached hydrogens (tertiary/aromatic N) is 1. The van der Waals surface area contributed by atoms with Crippen LogP contribution >= 0.6 is 0 Å². The summed E-state index contributed by atoms with van der Waals surface area (Å²) in [6.45, 7) is 5.59. The zero-order chi connectivity index (χ0) is 17.9. The molecule has 6 nitrogen and oxygen atoms in total. The van der Waals surface area contributed by atoms with Crippen LogP contribution in [-0.4, -0.2) is 34.3 Å². The Morgan fingerprint density at radius 2 is 1.88 bits per heavy atom. The first kappa shape index (κ1) is 17.6. The van der Waals surface area contributed by atoms with E-state index in [1.807, 2.05) is 6.07 Å². The van der Waals surface area contributed by atoms with E-state index in [0.717, 1.165) is 5.56 Å². The molecule has 0 aliphatic rings. The standard InChI is InChI=1S/C18H21NO5/c1-18(2,3)24-17(22)14-8-9-19(15(14)20)11-12-6-5-7-13(10-12)16(21)23-4/h5-10,20H,11H2,1-4H3. The van der Waals surface area contributed by atoms with Gasteiger partial charge in [-0.3, -0.25) is 0 Å². The lowest BCUT2D eigenvalue weighted by atomic mass is 10.1. The Morgan fingerprint density at radius 3 is 2.50 bits per heavy atom. The second-order valence-electron chi connectivity index (χ2n) is 6.37. The van der Waals surface area contributed by atoms with Gasteiger partial charge in [0.05, 0.1) is 19.2 Å². The highest BCUT2D eigenvalue weighted by Crippen LogP contribution is 2.23. The monoisotopic (exact) mass is 331 g/mol. The molecular formula is C18H21NO5. The number of rotatable bonds is 4. The number of methoxy groups -OCH3 is 1. The van der Waals surface area contributed by atoms with Gasteiger partial charge in [0.25, 0.3) is 0 Å². The third-order valence-electron chi connectivity index (χ3n) is 3.25. The van der Waals surface area contributed by atoms with Gasteiger partial charge in [0.1, 0.15) is 11.2 Å². The normalized spacial score (nSPS) is 11.2. The van der Waals surface area contributed by atoms with Gasteiger partial charge in [0.15, 0.2) is 0 Å². The van der Waals surface area contributed by atoms with Gasteiger partial charge in [-0.25, -0.2) is 9.59 Å². The number of benzene rings is 1. The molecule has 0 atom stereocenters. The van der Waals surface area contributed by atoms with E-state index in [2.05, 4.69) is 0 Å². The fraction of sp³-hybridized carbons (Fsp3) is 0.333. The highest BCUT2D eigenvalue weighted by molar-refractivity contribution is 5.92. The third kappa shape index (κ3) is 4.16. The summed E-state index contributed by atoms with van der Waals surface area (Å²) in [7, 11) is 1.32. The lowest BCUT2D eigenvalue weighted by molar-refractivity contribution is 0.00663. The predicted octanol–water partition coefficient (Wildman–Crippen LogP) is 2.98. The van der Waals surface area contributed by atoms with Crippen molar-refractivity contribution in [2.45, 2.75) is 32.9 Å². The van der Waals surface area contributed by atoms with Crippen LogP contribution < -0.4 is 0 Å². The van der Waals surface area contributed by atoms with E-state index in [1.54, 1.807) is 45.2 Å². The van der Waals surface area contributed by atoms with Crippen LogP contribution in [0.2, 0.25) is 0 Å². The molecule has 6 heteroatoms. The van der Waals surface area contributed by atoms with Crippen LogP contribution in [0.25, 0.3) is 0 Å². The van der Waals surface area contributed by atoms with Gasteiger partial charge < -0.3 is 19.1 Å². The van der Waals surface area contributed by atoms with Gasteiger partial charge in [0, 0.05) is 6.20 Å². The van der Waals surface area contributed by atoms with E-state index in [4.69, 9.17) is 9.47 Å². The number of hydrogen-bond acceptors (Lipinski definition) is 5. The lowest BCUT2D eigenvalue weighted by Gasteiger charge is -2.19. The molecule has 0 amide bonds. The Bertz CT molecular complexity index is 755. The van der Waals surface area contributed by atoms with Crippen molar-refractivity contribution < 1.29 is 24.2 Å². The molecule has 1 aromatic heterocycles. The average Bonchev–Trinajstić information content (AvgIpc) is 2.86. The number of hydrogen-bond donors (Lipinski definition) is 1. The number of aromatic nitrogens is 1. The fourth-order valence-corrected chi connectivity index (χ4v) is 2.20. The molecule has 128 valence electrons. The molecule has 24 heavy (non-hydrogen) atoms. The number of ether oxygens (including phenoxy) is 2. The van der Waals surface area contributed by atoms with Crippen molar-refractivity contribution in [3.05, 3.63) is 53.2 Å². The minimum Gasteiger partial charge on any atom is -0.494 e. The number of aromatic hydroxyl groups is 1. The summed E-state index contributed by atoms with van der Waals surface area (Å²) >= 11 is 0. The molecule has 0 saturated heterocycles. The van der Waals surface area contributed by atoms with Crippen molar-refractivity contribution in [3.63, 3.8) is 0 Å². The minimum absolute atomic E-state index is 0.106. The Kier molecular flexibility index (Phi) is 4.97. The summed E-state index contributed by atoms with van der Waals surface area (Å²) in [5, 5.41) is 10.3. The molecule has 1 N–H and O–H groups in total. The zero-order valence-corrected chi connectivity index (χ0v) is 14.2. The van der Waals surface area contributed by atoms with Gasteiger partial charge in [-0.1, -0.05) is 12.1 Å². The van der Waals surface area contributed by atoms with Crippen LogP contribution in [-0.2, 0) is 16.0 Å². The summed E-state index contributed by atoms with van der Waals surface area (Å²) in [5.74, 6) is -1.18. The Labute approximate surface area is 140 Å². The number of carbonyl (C=O) groups excluding carboxylic acids is 2. The maximum atomic E-state index is 12.1. The van der Waals surface area contributed by atoms with Gasteiger partial charge in [-0.2, -0.15) is 0 Å². The third-order valence-corrected chi connectivity index (χ3v) is 3.25. The number of esters is 2. The topological polar surface area (TPSA) is 77.8 Å². The molecule has 0 aliphatic heterocycles. The summed E-state index contributed by atoms with van der Waals surface area (Å²) in [5.41, 5.74) is 0.683. The molecule has 2 rings (SSSR count). The molecule has 1 aromatic carbocycles. The Hall–Kier alpha value is -2.76. The molecule has 0 aliphatic carbocycles. The summed E-state index contributed by atoms with van der Waals surface area (Å²) in [4.78, 5) is 23.6. The first-order chi connectivity index (χ1) is 11.2. The summed E-state index contributed by atoms with van der Waals surface area (Å²) < 4.78 is 11.5. The average molecular weight is 331 g/mol. The lowest BCUT2D eigenvalue weighted by Crippen LogP contribution is -2.23. The van der Waals surface area contributed by atoms with Crippen LogP contribution in [0.15, 0.2) is 36.5 Å². The van der Waals surface area contributed by atoms with E-state index >= 15 is 0 Å². The van der Waals surface area contributed by atoms with E-state index in [1.165, 1.54) is 17.7 Å². The molecule has 0 unspecified atom stereocenters. The highest BCUT2D eigenvalue weighted by atomic mass is 16.6. The van der Waals surface area contributed by atoms with Crippen LogP contribution in [0.5, 0.6) is 5.88 Å². The maximum Gasteiger partial charge on any atom is 0.344 e. The minimum atomic E-state index is -0.638. The van der Waals surface area contributed by atoms with Gasteiger partial charge in [-0.15, -0.1) is 0 Å². The van der Waals surface area contributed by atoms with E-state index < -0.39 is 17.5 Å². The zero-order valence-electron chi connectivity index (χ0n) is 14.2. The Morgan fingerprint density at radius 1 is 1.17 bits per heavy atom. The van der Waals surface area contributed by atoms with Crippen molar-refractivity contribution in [2.24, 2.45) is 0 Å². The van der Waals surface area contributed by atoms with Gasteiger partial charge in [0.2, 0.25) is 5.88 Å². The molecule has 0 bridgehead atoms. The highest BCUT2D eigenvalue weighted by Gasteiger charge is 2.22. The smallest absolute Gasteiger partial charge is 0.344 e.